The molecule has 2 aromatic rings. The average molecular weight is 460 g/mol. The van der Waals surface area contributed by atoms with Crippen LogP contribution in [0.5, 0.6) is 0 Å². The topological polar surface area (TPSA) is 82.4 Å². The number of nitrogens with zero attached hydrogens (tertiary/aromatic N) is 2. The van der Waals surface area contributed by atoms with Crippen LogP contribution in [-0.2, 0) is 14.3 Å². The monoisotopic (exact) mass is 459 g/mol. The molecule has 162 valence electrons. The number of rotatable bonds is 7. The molecular weight excluding hydrogens is 437 g/mol. The summed E-state index contributed by atoms with van der Waals surface area (Å²) in [6.07, 6.45) is 0.316. The van der Waals surface area contributed by atoms with Crippen molar-refractivity contribution in [3.63, 3.8) is 0 Å². The van der Waals surface area contributed by atoms with E-state index in [0.717, 1.165) is 5.69 Å². The molecule has 0 aliphatic heterocycles. The molecule has 0 aromatic heterocycles. The quantitative estimate of drug-likeness (QED) is 0.366. The smallest absolute Gasteiger partial charge is 0.349 e. The maximum Gasteiger partial charge on any atom is 0.349 e. The molecule has 2 atom stereocenters. The van der Waals surface area contributed by atoms with E-state index in [1.165, 1.54) is 13.0 Å². The summed E-state index contributed by atoms with van der Waals surface area (Å²) in [5, 5.41) is 13.0. The Hall–Kier alpha value is -3.01. The maximum atomic E-state index is 12.4. The number of benzene rings is 2. The van der Waals surface area contributed by atoms with Crippen LogP contribution in [0.3, 0.4) is 0 Å². The van der Waals surface area contributed by atoms with Gasteiger partial charge in [0.2, 0.25) is 0 Å². The largest absolute Gasteiger partial charge is 0.448 e. The SMILES string of the molecule is C[C@@H](OC(=O)/C(C#N)=C\c1ccc(N(C)C)cc1)C(=O)N[C@H](C)c1ccc(Cl)cc1Cl. The average Bonchev–Trinajstić information content (AvgIpc) is 2.71. The van der Waals surface area contributed by atoms with E-state index in [4.69, 9.17) is 27.9 Å². The van der Waals surface area contributed by atoms with E-state index in [-0.39, 0.29) is 5.57 Å². The third-order valence-electron chi connectivity index (χ3n) is 4.50. The molecule has 2 rings (SSSR count). The highest BCUT2D eigenvalue weighted by molar-refractivity contribution is 6.35. The van der Waals surface area contributed by atoms with E-state index in [0.29, 0.717) is 21.2 Å². The molecule has 6 nitrogen and oxygen atoms in total. The summed E-state index contributed by atoms with van der Waals surface area (Å²) in [5.74, 6) is -1.39. The summed E-state index contributed by atoms with van der Waals surface area (Å²) in [4.78, 5) is 26.8. The number of carbonyl (C=O) groups is 2. The van der Waals surface area contributed by atoms with Crippen LogP contribution in [0.25, 0.3) is 6.08 Å². The first-order valence-corrected chi connectivity index (χ1v) is 10.2. The predicted octanol–water partition coefficient (Wildman–Crippen LogP) is 4.78. The molecule has 0 heterocycles. The Morgan fingerprint density at radius 2 is 1.77 bits per heavy atom. The lowest BCUT2D eigenvalue weighted by Gasteiger charge is -2.19. The molecule has 0 aliphatic rings. The summed E-state index contributed by atoms with van der Waals surface area (Å²) in [6, 6.07) is 13.7. The van der Waals surface area contributed by atoms with Crippen LogP contribution in [0.4, 0.5) is 5.69 Å². The molecule has 1 amide bonds. The molecule has 0 saturated heterocycles. The highest BCUT2D eigenvalue weighted by Crippen LogP contribution is 2.26. The van der Waals surface area contributed by atoms with Gasteiger partial charge in [-0.3, -0.25) is 4.79 Å². The molecule has 0 unspecified atom stereocenters. The Morgan fingerprint density at radius 3 is 2.32 bits per heavy atom. The van der Waals surface area contributed by atoms with Gasteiger partial charge in [0.05, 0.1) is 6.04 Å². The van der Waals surface area contributed by atoms with Crippen LogP contribution in [0, 0.1) is 11.3 Å². The number of nitriles is 1. The van der Waals surface area contributed by atoms with Crippen LogP contribution < -0.4 is 10.2 Å². The Balaban J connectivity index is 2.03. The van der Waals surface area contributed by atoms with Gasteiger partial charge in [-0.15, -0.1) is 0 Å². The number of esters is 1. The van der Waals surface area contributed by atoms with E-state index in [2.05, 4.69) is 5.32 Å². The van der Waals surface area contributed by atoms with Gasteiger partial charge in [0.25, 0.3) is 5.91 Å². The van der Waals surface area contributed by atoms with Crippen molar-refractivity contribution < 1.29 is 14.3 Å². The first-order valence-electron chi connectivity index (χ1n) is 9.48. The number of ether oxygens (including phenoxy) is 1. The maximum absolute atomic E-state index is 12.4. The number of anilines is 1. The summed E-state index contributed by atoms with van der Waals surface area (Å²) < 4.78 is 5.18. The Bertz CT molecular complexity index is 1030. The minimum absolute atomic E-state index is 0.203. The van der Waals surface area contributed by atoms with Gasteiger partial charge < -0.3 is 15.0 Å². The Kier molecular flexibility index (Phi) is 8.49. The standard InChI is InChI=1S/C23H23Cl2N3O3/c1-14(20-10-7-18(24)12-21(20)25)27-22(29)15(2)31-23(30)17(13-26)11-16-5-8-19(9-6-16)28(3)4/h5-12,14-15H,1-4H3,(H,27,29)/b17-11-/t14-,15-/m1/s1. The second-order valence-electron chi connectivity index (χ2n) is 7.10. The molecule has 1 N–H and O–H groups in total. The van der Waals surface area contributed by atoms with E-state index in [1.807, 2.05) is 37.2 Å². The lowest BCUT2D eigenvalue weighted by molar-refractivity contribution is -0.151. The van der Waals surface area contributed by atoms with Crippen molar-refractivity contribution in [2.45, 2.75) is 26.0 Å². The first kappa shape index (κ1) is 24.3. The number of amides is 1. The Morgan fingerprint density at radius 1 is 1.13 bits per heavy atom. The van der Waals surface area contributed by atoms with E-state index >= 15 is 0 Å². The van der Waals surface area contributed by atoms with Crippen molar-refractivity contribution in [2.75, 3.05) is 19.0 Å². The molecular formula is C23H23Cl2N3O3. The zero-order chi connectivity index (χ0) is 23.1. The second kappa shape index (κ2) is 10.9. The van der Waals surface area contributed by atoms with Crippen molar-refractivity contribution in [3.8, 4) is 6.07 Å². The molecule has 0 aliphatic carbocycles. The normalized spacial score (nSPS) is 13.0. The molecule has 0 bridgehead atoms. The lowest BCUT2D eigenvalue weighted by Crippen LogP contribution is -2.37. The van der Waals surface area contributed by atoms with Gasteiger partial charge in [-0.1, -0.05) is 41.4 Å². The number of hydrogen-bond donors (Lipinski definition) is 1. The third-order valence-corrected chi connectivity index (χ3v) is 5.06. The van der Waals surface area contributed by atoms with Crippen molar-refractivity contribution in [1.82, 2.24) is 5.32 Å². The summed E-state index contributed by atoms with van der Waals surface area (Å²) in [6.45, 7) is 3.18. The van der Waals surface area contributed by atoms with Crippen molar-refractivity contribution in [1.29, 1.82) is 5.26 Å². The van der Waals surface area contributed by atoms with Gasteiger partial charge in [0, 0.05) is 29.8 Å². The van der Waals surface area contributed by atoms with Gasteiger partial charge >= 0.3 is 5.97 Å². The predicted molar refractivity (Wildman–Crippen MR) is 123 cm³/mol. The fraction of sp³-hybridized carbons (Fsp3) is 0.261. The molecule has 2 aromatic carbocycles. The number of carbonyl (C=O) groups excluding carboxylic acids is 2. The summed E-state index contributed by atoms with van der Waals surface area (Å²) in [5.41, 5.74) is 2.13. The first-order chi connectivity index (χ1) is 14.6. The number of nitrogens with one attached hydrogen (secondary N) is 1. The van der Waals surface area contributed by atoms with Crippen molar-refractivity contribution in [2.24, 2.45) is 0 Å². The highest BCUT2D eigenvalue weighted by atomic mass is 35.5. The van der Waals surface area contributed by atoms with Gasteiger partial charge in [-0.05, 0) is 55.3 Å². The van der Waals surface area contributed by atoms with Gasteiger partial charge in [-0.2, -0.15) is 5.26 Å². The van der Waals surface area contributed by atoms with Crippen LogP contribution >= 0.6 is 23.2 Å². The lowest BCUT2D eigenvalue weighted by atomic mass is 10.1. The minimum atomic E-state index is -1.10. The summed E-state index contributed by atoms with van der Waals surface area (Å²) >= 11 is 12.1. The number of halogens is 2. The Labute approximate surface area is 192 Å². The third kappa shape index (κ3) is 6.74. The zero-order valence-electron chi connectivity index (χ0n) is 17.6. The van der Waals surface area contributed by atoms with Crippen LogP contribution in [0.1, 0.15) is 31.0 Å². The molecule has 31 heavy (non-hydrogen) atoms. The van der Waals surface area contributed by atoms with Gasteiger partial charge in [-0.25, -0.2) is 4.79 Å². The van der Waals surface area contributed by atoms with E-state index in [1.54, 1.807) is 37.3 Å². The van der Waals surface area contributed by atoms with E-state index in [9.17, 15) is 14.9 Å². The van der Waals surface area contributed by atoms with Crippen LogP contribution in [-0.4, -0.2) is 32.1 Å². The minimum Gasteiger partial charge on any atom is -0.448 e. The van der Waals surface area contributed by atoms with E-state index < -0.39 is 24.0 Å². The molecule has 0 spiro atoms. The van der Waals surface area contributed by atoms with Crippen molar-refractivity contribution in [3.05, 3.63) is 69.2 Å². The molecule has 0 saturated carbocycles. The zero-order valence-corrected chi connectivity index (χ0v) is 19.2. The number of hydrogen-bond acceptors (Lipinski definition) is 5. The second-order valence-corrected chi connectivity index (χ2v) is 7.94. The fourth-order valence-corrected chi connectivity index (χ4v) is 3.28. The van der Waals surface area contributed by atoms with Crippen LogP contribution in [0.15, 0.2) is 48.0 Å². The van der Waals surface area contributed by atoms with Crippen LogP contribution in [0.2, 0.25) is 10.0 Å². The van der Waals surface area contributed by atoms with Gasteiger partial charge in [0.1, 0.15) is 11.6 Å². The van der Waals surface area contributed by atoms with Gasteiger partial charge in [0.15, 0.2) is 6.10 Å². The van der Waals surface area contributed by atoms with Crippen molar-refractivity contribution >= 4 is 46.8 Å². The summed E-state index contributed by atoms with van der Waals surface area (Å²) in [7, 11) is 3.83. The molecule has 0 fully saturated rings. The fourth-order valence-electron chi connectivity index (χ4n) is 2.71. The molecule has 8 heteroatoms. The molecule has 0 radical (unpaired) electrons. The highest BCUT2D eigenvalue weighted by Gasteiger charge is 2.23.